The lowest BCUT2D eigenvalue weighted by Crippen LogP contribution is -2.38. The Morgan fingerprint density at radius 1 is 1.39 bits per heavy atom. The molecule has 0 bridgehead atoms. The number of nitrogen functional groups attached to an aromatic ring is 1. The molecule has 0 aliphatic carbocycles. The number of hydrogen-bond acceptors (Lipinski definition) is 3. The highest BCUT2D eigenvalue weighted by Crippen LogP contribution is 2.18. The van der Waals surface area contributed by atoms with Crippen molar-refractivity contribution in [1.29, 1.82) is 0 Å². The van der Waals surface area contributed by atoms with E-state index in [1.54, 1.807) is 0 Å². The second-order valence-electron chi connectivity index (χ2n) is 4.56. The zero-order valence-electron chi connectivity index (χ0n) is 10.8. The molecule has 0 saturated carbocycles. The van der Waals surface area contributed by atoms with Crippen LogP contribution in [0.5, 0.6) is 0 Å². The molecule has 1 aromatic rings. The molecule has 0 spiro atoms. The molecule has 1 aromatic carbocycles. The zero-order chi connectivity index (χ0) is 13.9. The van der Waals surface area contributed by atoms with Crippen molar-refractivity contribution in [2.75, 3.05) is 5.73 Å². The van der Waals surface area contributed by atoms with E-state index >= 15 is 0 Å². The topological polar surface area (TPSA) is 72.2 Å². The van der Waals surface area contributed by atoms with Crippen LogP contribution in [0.25, 0.3) is 0 Å². The van der Waals surface area contributed by atoms with Gasteiger partial charge in [-0.3, -0.25) is 0 Å². The molecule has 6 heteroatoms. The van der Waals surface area contributed by atoms with Gasteiger partial charge >= 0.3 is 0 Å². The third-order valence-corrected chi connectivity index (χ3v) is 4.32. The Labute approximate surface area is 107 Å². The van der Waals surface area contributed by atoms with Crippen molar-refractivity contribution < 1.29 is 12.8 Å². The Bertz CT molecular complexity index is 515. The number of anilines is 1. The van der Waals surface area contributed by atoms with E-state index in [9.17, 15) is 12.8 Å². The molecule has 0 heterocycles. The highest BCUT2D eigenvalue weighted by molar-refractivity contribution is 7.89. The highest BCUT2D eigenvalue weighted by Gasteiger charge is 2.21. The van der Waals surface area contributed by atoms with E-state index in [1.807, 2.05) is 20.8 Å². The lowest BCUT2D eigenvalue weighted by molar-refractivity contribution is 0.437. The first-order chi connectivity index (χ1) is 8.27. The quantitative estimate of drug-likeness (QED) is 0.808. The van der Waals surface area contributed by atoms with E-state index in [4.69, 9.17) is 5.73 Å². The molecular weight excluding hydrogens is 255 g/mol. The molecule has 0 radical (unpaired) electrons. The Balaban J connectivity index is 3.02. The summed E-state index contributed by atoms with van der Waals surface area (Å²) in [7, 11) is -3.70. The molecule has 0 aliphatic heterocycles. The van der Waals surface area contributed by atoms with Crippen LogP contribution in [0.4, 0.5) is 10.1 Å². The van der Waals surface area contributed by atoms with Crippen LogP contribution in [-0.4, -0.2) is 14.5 Å². The number of hydrogen-bond donors (Lipinski definition) is 2. The average molecular weight is 274 g/mol. The summed E-state index contributed by atoms with van der Waals surface area (Å²) in [6.45, 7) is 5.76. The molecule has 0 fully saturated rings. The molecule has 3 N–H and O–H groups in total. The van der Waals surface area contributed by atoms with E-state index in [0.717, 1.165) is 6.07 Å². The third-order valence-electron chi connectivity index (χ3n) is 2.83. The van der Waals surface area contributed by atoms with Crippen molar-refractivity contribution in [2.24, 2.45) is 5.92 Å². The van der Waals surface area contributed by atoms with Crippen molar-refractivity contribution in [2.45, 2.75) is 38.1 Å². The van der Waals surface area contributed by atoms with Crippen LogP contribution in [0.1, 0.15) is 27.2 Å². The summed E-state index contributed by atoms with van der Waals surface area (Å²) in [4.78, 5) is -0.103. The zero-order valence-corrected chi connectivity index (χ0v) is 11.6. The molecule has 4 nitrogen and oxygen atoms in total. The van der Waals surface area contributed by atoms with Gasteiger partial charge in [-0.15, -0.1) is 0 Å². The van der Waals surface area contributed by atoms with Gasteiger partial charge in [0, 0.05) is 6.04 Å². The maximum absolute atomic E-state index is 13.3. The standard InChI is InChI=1S/C12H19FN2O2S/c1-4-12(8(2)3)15-18(16,17)9-5-6-11(14)10(13)7-9/h5-8,12,15H,4,14H2,1-3H3. The van der Waals surface area contributed by atoms with Gasteiger partial charge in [0.1, 0.15) is 5.82 Å². The van der Waals surface area contributed by atoms with Gasteiger partial charge in [0.15, 0.2) is 0 Å². The van der Waals surface area contributed by atoms with Gasteiger partial charge in [-0.2, -0.15) is 0 Å². The molecule has 102 valence electrons. The van der Waals surface area contributed by atoms with Crippen molar-refractivity contribution in [3.05, 3.63) is 24.0 Å². The summed E-state index contributed by atoms with van der Waals surface area (Å²) < 4.78 is 39.9. The van der Waals surface area contributed by atoms with Crippen molar-refractivity contribution in [1.82, 2.24) is 4.72 Å². The van der Waals surface area contributed by atoms with E-state index in [1.165, 1.54) is 12.1 Å². The fourth-order valence-electron chi connectivity index (χ4n) is 1.63. The maximum atomic E-state index is 13.3. The summed E-state index contributed by atoms with van der Waals surface area (Å²) in [6, 6.07) is 3.31. The lowest BCUT2D eigenvalue weighted by Gasteiger charge is -2.20. The molecule has 0 aromatic heterocycles. The molecular formula is C12H19FN2O2S. The lowest BCUT2D eigenvalue weighted by atomic mass is 10.0. The van der Waals surface area contributed by atoms with Gasteiger partial charge in [0.05, 0.1) is 10.6 Å². The number of rotatable bonds is 5. The van der Waals surface area contributed by atoms with E-state index in [2.05, 4.69) is 4.72 Å². The van der Waals surface area contributed by atoms with Crippen molar-refractivity contribution in [3.8, 4) is 0 Å². The minimum atomic E-state index is -3.70. The smallest absolute Gasteiger partial charge is 0.240 e. The summed E-state index contributed by atoms with van der Waals surface area (Å²) in [5, 5.41) is 0. The van der Waals surface area contributed by atoms with E-state index in [0.29, 0.717) is 6.42 Å². The third kappa shape index (κ3) is 3.43. The minimum Gasteiger partial charge on any atom is -0.396 e. The Hall–Kier alpha value is -1.14. The van der Waals surface area contributed by atoms with Crippen LogP contribution >= 0.6 is 0 Å². The normalized spacial score (nSPS) is 13.8. The summed E-state index contributed by atoms with van der Waals surface area (Å²) in [5.41, 5.74) is 5.25. The van der Waals surface area contributed by atoms with Gasteiger partial charge < -0.3 is 5.73 Å². The average Bonchev–Trinajstić information content (AvgIpc) is 2.29. The first-order valence-electron chi connectivity index (χ1n) is 5.85. The summed E-state index contributed by atoms with van der Waals surface area (Å²) in [6.07, 6.45) is 0.675. The van der Waals surface area contributed by atoms with Crippen LogP contribution in [0.15, 0.2) is 23.1 Å². The molecule has 1 atom stereocenters. The van der Waals surface area contributed by atoms with Gasteiger partial charge in [-0.25, -0.2) is 17.5 Å². The van der Waals surface area contributed by atoms with Crippen LogP contribution in [0.3, 0.4) is 0 Å². The largest absolute Gasteiger partial charge is 0.396 e. The minimum absolute atomic E-state index is 0.0650. The number of nitrogens with one attached hydrogen (secondary N) is 1. The Morgan fingerprint density at radius 2 is 2.00 bits per heavy atom. The predicted molar refractivity (Wildman–Crippen MR) is 70.1 cm³/mol. The molecule has 18 heavy (non-hydrogen) atoms. The monoisotopic (exact) mass is 274 g/mol. The number of nitrogens with two attached hydrogens (primary N) is 1. The van der Waals surface area contributed by atoms with Crippen LogP contribution < -0.4 is 10.5 Å². The maximum Gasteiger partial charge on any atom is 0.240 e. The van der Waals surface area contributed by atoms with Crippen LogP contribution in [-0.2, 0) is 10.0 Å². The van der Waals surface area contributed by atoms with Gasteiger partial charge in [0.25, 0.3) is 0 Å². The van der Waals surface area contributed by atoms with Crippen LogP contribution in [0.2, 0.25) is 0 Å². The first kappa shape index (κ1) is 14.9. The Morgan fingerprint density at radius 3 is 2.44 bits per heavy atom. The number of benzene rings is 1. The van der Waals surface area contributed by atoms with Crippen molar-refractivity contribution in [3.63, 3.8) is 0 Å². The molecule has 0 saturated heterocycles. The molecule has 0 aliphatic rings. The fourth-order valence-corrected chi connectivity index (χ4v) is 3.11. The highest BCUT2D eigenvalue weighted by atomic mass is 32.2. The molecule has 1 rings (SSSR count). The molecule has 1 unspecified atom stereocenters. The Kier molecular flexibility index (Phi) is 4.70. The van der Waals surface area contributed by atoms with Crippen molar-refractivity contribution >= 4 is 15.7 Å². The van der Waals surface area contributed by atoms with E-state index in [-0.39, 0.29) is 22.5 Å². The SMILES string of the molecule is CCC(NS(=O)(=O)c1ccc(N)c(F)c1)C(C)C. The molecule has 0 amide bonds. The van der Waals surface area contributed by atoms with Gasteiger partial charge in [-0.1, -0.05) is 20.8 Å². The van der Waals surface area contributed by atoms with Gasteiger partial charge in [-0.05, 0) is 30.5 Å². The van der Waals surface area contributed by atoms with Crippen LogP contribution in [0, 0.1) is 11.7 Å². The number of halogens is 1. The first-order valence-corrected chi connectivity index (χ1v) is 7.33. The summed E-state index contributed by atoms with van der Waals surface area (Å²) in [5.74, 6) is -0.557. The van der Waals surface area contributed by atoms with Gasteiger partial charge in [0.2, 0.25) is 10.0 Å². The summed E-state index contributed by atoms with van der Waals surface area (Å²) >= 11 is 0. The van der Waals surface area contributed by atoms with E-state index < -0.39 is 15.8 Å². The number of sulfonamides is 1. The second-order valence-corrected chi connectivity index (χ2v) is 6.28. The predicted octanol–water partition coefficient (Wildman–Crippen LogP) is 2.12. The second kappa shape index (κ2) is 5.67. The fraction of sp³-hybridized carbons (Fsp3) is 0.500.